The van der Waals surface area contributed by atoms with Crippen LogP contribution < -0.4 is 0 Å². The normalized spacial score (nSPS) is 10.2. The van der Waals surface area contributed by atoms with Crippen LogP contribution in [0.15, 0.2) is 42.5 Å². The summed E-state index contributed by atoms with van der Waals surface area (Å²) in [5.41, 5.74) is 3.33. The minimum atomic E-state index is -0.410. The molecule has 4 heteroatoms. The van der Waals surface area contributed by atoms with Gasteiger partial charge in [0.15, 0.2) is 5.78 Å². The molecule has 0 spiro atoms. The Labute approximate surface area is 110 Å². The molecule has 0 saturated heterocycles. The molecule has 2 aromatic carbocycles. The Hall–Kier alpha value is -2.49. The van der Waals surface area contributed by atoms with E-state index < -0.39 is 4.92 Å². The van der Waals surface area contributed by atoms with E-state index in [9.17, 15) is 14.9 Å². The van der Waals surface area contributed by atoms with Crippen molar-refractivity contribution < 1.29 is 9.72 Å². The predicted molar refractivity (Wildman–Crippen MR) is 73.3 cm³/mol. The molecule has 0 amide bonds. The minimum Gasteiger partial charge on any atom is -0.295 e. The maximum Gasteiger partial charge on any atom is 0.270 e. The van der Waals surface area contributed by atoms with Crippen molar-refractivity contribution in [2.24, 2.45) is 0 Å². The highest BCUT2D eigenvalue weighted by molar-refractivity contribution is 5.94. The lowest BCUT2D eigenvalue weighted by Gasteiger charge is -2.06. The van der Waals surface area contributed by atoms with Gasteiger partial charge in [0.25, 0.3) is 5.69 Å². The number of hydrogen-bond donors (Lipinski definition) is 0. The number of rotatable bonds is 3. The first-order valence-corrected chi connectivity index (χ1v) is 5.85. The molecular weight excluding hydrogens is 242 g/mol. The Balaban J connectivity index is 2.48. The predicted octanol–water partition coefficient (Wildman–Crippen LogP) is 3.77. The molecule has 0 saturated carbocycles. The molecule has 0 heterocycles. The number of carbonyl (C=O) groups excluding carboxylic acids is 1. The van der Waals surface area contributed by atoms with Crippen molar-refractivity contribution in [2.75, 3.05) is 0 Å². The van der Waals surface area contributed by atoms with Crippen LogP contribution in [0.3, 0.4) is 0 Å². The molecule has 4 nitrogen and oxygen atoms in total. The molecule has 0 radical (unpaired) electrons. The molecule has 0 atom stereocenters. The first-order chi connectivity index (χ1) is 8.99. The van der Waals surface area contributed by atoms with Crippen molar-refractivity contribution in [3.63, 3.8) is 0 Å². The number of nitrogens with zero attached hydrogens (tertiary/aromatic N) is 1. The molecule has 0 aromatic heterocycles. The van der Waals surface area contributed by atoms with Crippen LogP contribution in [-0.2, 0) is 0 Å². The van der Waals surface area contributed by atoms with E-state index in [2.05, 4.69) is 0 Å². The number of hydrogen-bond acceptors (Lipinski definition) is 3. The van der Waals surface area contributed by atoms with Crippen molar-refractivity contribution in [1.29, 1.82) is 0 Å². The average molecular weight is 255 g/mol. The number of benzene rings is 2. The van der Waals surface area contributed by atoms with Crippen LogP contribution in [0.2, 0.25) is 0 Å². The first-order valence-electron chi connectivity index (χ1n) is 5.85. The van der Waals surface area contributed by atoms with Gasteiger partial charge in [0, 0.05) is 17.7 Å². The summed E-state index contributed by atoms with van der Waals surface area (Å²) < 4.78 is 0. The van der Waals surface area contributed by atoms with E-state index in [1.165, 1.54) is 13.0 Å². The summed E-state index contributed by atoms with van der Waals surface area (Å²) in [6.45, 7) is 3.41. The Morgan fingerprint density at radius 1 is 1.11 bits per heavy atom. The lowest BCUT2D eigenvalue weighted by atomic mass is 9.98. The van der Waals surface area contributed by atoms with Crippen molar-refractivity contribution in [1.82, 2.24) is 0 Å². The Bertz CT molecular complexity index is 645. The molecule has 0 bridgehead atoms. The van der Waals surface area contributed by atoms with Crippen LogP contribution in [0.25, 0.3) is 11.1 Å². The van der Waals surface area contributed by atoms with Crippen molar-refractivity contribution in [3.8, 4) is 11.1 Å². The summed E-state index contributed by atoms with van der Waals surface area (Å²) in [5.74, 6) is 0.00214. The summed E-state index contributed by atoms with van der Waals surface area (Å²) in [6, 6.07) is 11.9. The van der Waals surface area contributed by atoms with Gasteiger partial charge in [-0.05, 0) is 30.5 Å². The van der Waals surface area contributed by atoms with E-state index in [0.717, 1.165) is 16.7 Å². The third-order valence-electron chi connectivity index (χ3n) is 3.03. The highest BCUT2D eigenvalue weighted by atomic mass is 16.6. The number of Topliss-reactive ketones (excluding diaryl/α,β-unsaturated/α-hetero) is 1. The zero-order valence-electron chi connectivity index (χ0n) is 10.7. The fraction of sp³-hybridized carbons (Fsp3) is 0.133. The highest BCUT2D eigenvalue weighted by Gasteiger charge is 2.10. The summed E-state index contributed by atoms with van der Waals surface area (Å²) in [7, 11) is 0. The van der Waals surface area contributed by atoms with Crippen LogP contribution in [0, 0.1) is 17.0 Å². The van der Waals surface area contributed by atoms with Gasteiger partial charge in [-0.2, -0.15) is 0 Å². The van der Waals surface area contributed by atoms with Gasteiger partial charge >= 0.3 is 0 Å². The van der Waals surface area contributed by atoms with Gasteiger partial charge in [0.2, 0.25) is 0 Å². The van der Waals surface area contributed by atoms with Gasteiger partial charge in [0.05, 0.1) is 4.92 Å². The Morgan fingerprint density at radius 2 is 1.74 bits per heavy atom. The van der Waals surface area contributed by atoms with Crippen LogP contribution in [0.5, 0.6) is 0 Å². The number of aryl methyl sites for hydroxylation is 1. The fourth-order valence-electron chi connectivity index (χ4n) is 1.92. The zero-order valence-corrected chi connectivity index (χ0v) is 10.7. The second-order valence-corrected chi connectivity index (χ2v) is 4.39. The van der Waals surface area contributed by atoms with Crippen LogP contribution in [0.4, 0.5) is 5.69 Å². The molecule has 96 valence electrons. The van der Waals surface area contributed by atoms with E-state index in [0.29, 0.717) is 5.56 Å². The molecule has 0 N–H and O–H groups in total. The fourth-order valence-corrected chi connectivity index (χ4v) is 1.92. The lowest BCUT2D eigenvalue weighted by Crippen LogP contribution is -1.93. The second-order valence-electron chi connectivity index (χ2n) is 4.39. The van der Waals surface area contributed by atoms with E-state index in [-0.39, 0.29) is 11.5 Å². The van der Waals surface area contributed by atoms with Crippen molar-refractivity contribution in [3.05, 3.63) is 63.7 Å². The maximum absolute atomic E-state index is 11.2. The van der Waals surface area contributed by atoms with Gasteiger partial charge in [-0.3, -0.25) is 14.9 Å². The lowest BCUT2D eigenvalue weighted by molar-refractivity contribution is -0.384. The molecule has 0 aliphatic rings. The van der Waals surface area contributed by atoms with Gasteiger partial charge < -0.3 is 0 Å². The SMILES string of the molecule is CC(=O)c1ccc(-c2cc([N+](=O)[O-])ccc2C)cc1. The number of ketones is 1. The molecule has 0 aliphatic heterocycles. The topological polar surface area (TPSA) is 60.2 Å². The van der Waals surface area contributed by atoms with E-state index in [1.807, 2.05) is 19.1 Å². The quantitative estimate of drug-likeness (QED) is 0.476. The summed E-state index contributed by atoms with van der Waals surface area (Å²) in [4.78, 5) is 21.6. The number of non-ortho nitro benzene ring substituents is 1. The van der Waals surface area contributed by atoms with Crippen molar-refractivity contribution in [2.45, 2.75) is 13.8 Å². The molecule has 0 fully saturated rings. The summed E-state index contributed by atoms with van der Waals surface area (Å²) >= 11 is 0. The van der Waals surface area contributed by atoms with Gasteiger partial charge in [-0.15, -0.1) is 0 Å². The number of nitro benzene ring substituents is 1. The highest BCUT2D eigenvalue weighted by Crippen LogP contribution is 2.27. The van der Waals surface area contributed by atoms with E-state index >= 15 is 0 Å². The molecule has 2 aromatic rings. The maximum atomic E-state index is 11.2. The van der Waals surface area contributed by atoms with E-state index in [1.54, 1.807) is 24.3 Å². The summed E-state index contributed by atoms with van der Waals surface area (Å²) in [6.07, 6.45) is 0. The monoisotopic (exact) mass is 255 g/mol. The largest absolute Gasteiger partial charge is 0.295 e. The second kappa shape index (κ2) is 5.02. The van der Waals surface area contributed by atoms with Gasteiger partial charge in [-0.1, -0.05) is 30.3 Å². The molecule has 0 aliphatic carbocycles. The van der Waals surface area contributed by atoms with Gasteiger partial charge in [0.1, 0.15) is 0 Å². The first kappa shape index (κ1) is 13.0. The summed E-state index contributed by atoms with van der Waals surface area (Å²) in [5, 5.41) is 10.8. The smallest absolute Gasteiger partial charge is 0.270 e. The van der Waals surface area contributed by atoms with Crippen LogP contribution in [0.1, 0.15) is 22.8 Å². The van der Waals surface area contributed by atoms with Gasteiger partial charge in [-0.25, -0.2) is 0 Å². The zero-order chi connectivity index (χ0) is 14.0. The van der Waals surface area contributed by atoms with Crippen molar-refractivity contribution >= 4 is 11.5 Å². The molecular formula is C15H13NO3. The van der Waals surface area contributed by atoms with Crippen LogP contribution >= 0.6 is 0 Å². The molecule has 19 heavy (non-hydrogen) atoms. The molecule has 0 unspecified atom stereocenters. The third-order valence-corrected chi connectivity index (χ3v) is 3.03. The number of carbonyl (C=O) groups is 1. The molecule has 2 rings (SSSR count). The van der Waals surface area contributed by atoms with E-state index in [4.69, 9.17) is 0 Å². The number of nitro groups is 1. The Morgan fingerprint density at radius 3 is 2.26 bits per heavy atom. The average Bonchev–Trinajstić information content (AvgIpc) is 2.39. The minimum absolute atomic E-state index is 0.00214. The third kappa shape index (κ3) is 2.68. The standard InChI is InChI=1S/C15H13NO3/c1-10-3-8-14(16(18)19)9-15(10)13-6-4-12(5-7-13)11(2)17/h3-9H,1-2H3. The Kier molecular flexibility index (Phi) is 3.42. The van der Waals surface area contributed by atoms with Crippen LogP contribution in [-0.4, -0.2) is 10.7 Å².